The van der Waals surface area contributed by atoms with Crippen LogP contribution in [0, 0.1) is 12.8 Å². The first kappa shape index (κ1) is 28.6. The molecule has 2 aromatic carbocycles. The highest BCUT2D eigenvalue weighted by atomic mass is 16.5. The number of hydrogen-bond donors (Lipinski definition) is 1. The summed E-state index contributed by atoms with van der Waals surface area (Å²) in [5, 5.41) is 11.5. The second-order valence-corrected chi connectivity index (χ2v) is 10.5. The predicted octanol–water partition coefficient (Wildman–Crippen LogP) is 4.57. The van der Waals surface area contributed by atoms with E-state index in [2.05, 4.69) is 18.7 Å². The van der Waals surface area contributed by atoms with Crippen LogP contribution in [0.25, 0.3) is 5.76 Å². The van der Waals surface area contributed by atoms with E-state index in [-0.39, 0.29) is 11.3 Å². The van der Waals surface area contributed by atoms with Crippen molar-refractivity contribution >= 4 is 17.4 Å². The van der Waals surface area contributed by atoms with Crippen LogP contribution in [0.4, 0.5) is 0 Å². The maximum Gasteiger partial charge on any atom is 0.295 e. The molecule has 8 heteroatoms. The Balaban J connectivity index is 1.66. The van der Waals surface area contributed by atoms with Gasteiger partial charge in [-0.05, 0) is 67.6 Å². The Morgan fingerprint density at radius 1 is 1.05 bits per heavy atom. The Labute approximate surface area is 231 Å². The van der Waals surface area contributed by atoms with Crippen molar-refractivity contribution in [1.82, 2.24) is 9.80 Å². The number of hydrogen-bond acceptors (Lipinski definition) is 7. The molecule has 1 atom stereocenters. The molecule has 4 rings (SSSR count). The van der Waals surface area contributed by atoms with E-state index < -0.39 is 17.7 Å². The van der Waals surface area contributed by atoms with Crippen LogP contribution in [-0.4, -0.2) is 79.2 Å². The standard InChI is InChI=1S/C31H40N2O6/c1-5-38-25-10-7-23(8-11-25)28-27(29(34)24-9-12-26(22(4)19-24)39-20-21(2)3)30(35)31(36)33(28)14-6-13-32-15-17-37-18-16-32/h7-12,19,21,28,34H,5-6,13-18,20H2,1-4H3/b29-27+/t28-/m1/s1. The van der Waals surface area contributed by atoms with Crippen LogP contribution in [0.5, 0.6) is 11.5 Å². The lowest BCUT2D eigenvalue weighted by Gasteiger charge is -2.29. The summed E-state index contributed by atoms with van der Waals surface area (Å²) in [7, 11) is 0. The van der Waals surface area contributed by atoms with Crippen LogP contribution in [0.1, 0.15) is 49.9 Å². The molecule has 2 fully saturated rings. The molecule has 1 amide bonds. The Bertz CT molecular complexity index is 1180. The zero-order valence-electron chi connectivity index (χ0n) is 23.4. The lowest BCUT2D eigenvalue weighted by molar-refractivity contribution is -0.140. The molecule has 39 heavy (non-hydrogen) atoms. The molecule has 8 nitrogen and oxygen atoms in total. The summed E-state index contributed by atoms with van der Waals surface area (Å²) in [6.07, 6.45) is 0.710. The van der Waals surface area contributed by atoms with E-state index in [1.165, 1.54) is 0 Å². The number of Topliss-reactive ketones (excluding diaryl/α,β-unsaturated/α-hetero) is 1. The highest BCUT2D eigenvalue weighted by Crippen LogP contribution is 2.40. The monoisotopic (exact) mass is 536 g/mol. The number of amides is 1. The van der Waals surface area contributed by atoms with Crippen molar-refractivity contribution < 1.29 is 28.9 Å². The molecule has 0 saturated carbocycles. The zero-order chi connectivity index (χ0) is 27.9. The third-order valence-corrected chi connectivity index (χ3v) is 7.04. The van der Waals surface area contributed by atoms with Crippen molar-refractivity contribution in [3.05, 3.63) is 64.7 Å². The molecular weight excluding hydrogens is 496 g/mol. The average molecular weight is 537 g/mol. The number of aliphatic hydroxyl groups excluding tert-OH is 1. The number of morpholine rings is 1. The minimum atomic E-state index is -0.692. The highest BCUT2D eigenvalue weighted by Gasteiger charge is 2.45. The molecular formula is C31H40N2O6. The van der Waals surface area contributed by atoms with Crippen molar-refractivity contribution in [2.45, 2.75) is 40.2 Å². The SMILES string of the molecule is CCOc1ccc([C@@H]2/C(=C(\O)c3ccc(OCC(C)C)c(C)c3)C(=O)C(=O)N2CCCN2CCOCC2)cc1. The number of carbonyl (C=O) groups excluding carboxylic acids is 2. The summed E-state index contributed by atoms with van der Waals surface area (Å²) < 4.78 is 16.9. The van der Waals surface area contributed by atoms with E-state index >= 15 is 0 Å². The second kappa shape index (κ2) is 13.1. The number of aryl methyl sites for hydroxylation is 1. The summed E-state index contributed by atoms with van der Waals surface area (Å²) in [5.74, 6) is 0.374. The third-order valence-electron chi connectivity index (χ3n) is 7.04. The van der Waals surface area contributed by atoms with Crippen LogP contribution in [0.2, 0.25) is 0 Å². The van der Waals surface area contributed by atoms with Gasteiger partial charge in [-0.1, -0.05) is 26.0 Å². The minimum absolute atomic E-state index is 0.103. The number of nitrogens with zero attached hydrogens (tertiary/aromatic N) is 2. The first-order valence-electron chi connectivity index (χ1n) is 13.8. The number of carbonyl (C=O) groups is 2. The molecule has 0 bridgehead atoms. The summed E-state index contributed by atoms with van der Waals surface area (Å²) in [6, 6.07) is 12.0. The number of ketones is 1. The molecule has 2 heterocycles. The number of rotatable bonds is 11. The first-order chi connectivity index (χ1) is 18.8. The van der Waals surface area contributed by atoms with E-state index in [1.54, 1.807) is 23.1 Å². The summed E-state index contributed by atoms with van der Waals surface area (Å²) in [4.78, 5) is 30.6. The number of aliphatic hydroxyl groups is 1. The Morgan fingerprint density at radius 3 is 2.41 bits per heavy atom. The molecule has 2 aliphatic heterocycles. The van der Waals surface area contributed by atoms with Crippen LogP contribution in [-0.2, 0) is 14.3 Å². The topological polar surface area (TPSA) is 88.5 Å². The minimum Gasteiger partial charge on any atom is -0.507 e. The quantitative estimate of drug-likeness (QED) is 0.256. The van der Waals surface area contributed by atoms with E-state index in [9.17, 15) is 14.7 Å². The van der Waals surface area contributed by atoms with E-state index in [0.717, 1.165) is 36.5 Å². The van der Waals surface area contributed by atoms with E-state index in [4.69, 9.17) is 14.2 Å². The zero-order valence-corrected chi connectivity index (χ0v) is 23.4. The molecule has 2 aromatic rings. The smallest absolute Gasteiger partial charge is 0.295 e. The van der Waals surface area contributed by atoms with E-state index in [0.29, 0.717) is 56.6 Å². The molecule has 2 saturated heterocycles. The van der Waals surface area contributed by atoms with E-state index in [1.807, 2.05) is 38.1 Å². The summed E-state index contributed by atoms with van der Waals surface area (Å²) >= 11 is 0. The van der Waals surface area contributed by atoms with Gasteiger partial charge in [0.15, 0.2) is 0 Å². The van der Waals surface area contributed by atoms with Gasteiger partial charge in [-0.2, -0.15) is 0 Å². The molecule has 0 unspecified atom stereocenters. The molecule has 0 aliphatic carbocycles. The highest BCUT2D eigenvalue weighted by molar-refractivity contribution is 6.46. The Hall–Kier alpha value is -3.36. The van der Waals surface area contributed by atoms with Crippen molar-refractivity contribution in [3.8, 4) is 11.5 Å². The third kappa shape index (κ3) is 6.81. The van der Waals surface area contributed by atoms with Gasteiger partial charge in [0.25, 0.3) is 11.7 Å². The average Bonchev–Trinajstić information content (AvgIpc) is 3.18. The first-order valence-corrected chi connectivity index (χ1v) is 13.8. The van der Waals surface area contributed by atoms with Gasteiger partial charge in [-0.15, -0.1) is 0 Å². The fourth-order valence-corrected chi connectivity index (χ4v) is 5.03. The van der Waals surface area contributed by atoms with Gasteiger partial charge in [0.2, 0.25) is 0 Å². The number of likely N-dealkylation sites (tertiary alicyclic amines) is 1. The molecule has 210 valence electrons. The molecule has 1 N–H and O–H groups in total. The van der Waals surface area contributed by atoms with Crippen molar-refractivity contribution in [2.24, 2.45) is 5.92 Å². The number of benzene rings is 2. The van der Waals surface area contributed by atoms with Crippen LogP contribution in [0.15, 0.2) is 48.0 Å². The molecule has 0 aromatic heterocycles. The maximum absolute atomic E-state index is 13.4. The fourth-order valence-electron chi connectivity index (χ4n) is 5.03. The van der Waals surface area contributed by atoms with Crippen molar-refractivity contribution in [1.29, 1.82) is 0 Å². The molecule has 2 aliphatic rings. The fraction of sp³-hybridized carbons (Fsp3) is 0.484. The van der Waals surface area contributed by atoms with Gasteiger partial charge in [-0.3, -0.25) is 14.5 Å². The maximum atomic E-state index is 13.4. The Morgan fingerprint density at radius 2 is 1.77 bits per heavy atom. The molecule has 0 radical (unpaired) electrons. The van der Waals surface area contributed by atoms with Crippen LogP contribution in [0.3, 0.4) is 0 Å². The van der Waals surface area contributed by atoms with Crippen molar-refractivity contribution in [3.63, 3.8) is 0 Å². The van der Waals surface area contributed by atoms with Crippen LogP contribution >= 0.6 is 0 Å². The normalized spacial score (nSPS) is 19.6. The largest absolute Gasteiger partial charge is 0.507 e. The van der Waals surface area contributed by atoms with Gasteiger partial charge < -0.3 is 24.2 Å². The summed E-state index contributed by atoms with van der Waals surface area (Å²) in [5.41, 5.74) is 2.17. The number of ether oxygens (including phenoxy) is 3. The van der Waals surface area contributed by atoms with Gasteiger partial charge in [0.05, 0.1) is 38.0 Å². The summed E-state index contributed by atoms with van der Waals surface area (Å²) in [6.45, 7) is 13.4. The molecule has 0 spiro atoms. The van der Waals surface area contributed by atoms with Gasteiger partial charge >= 0.3 is 0 Å². The predicted molar refractivity (Wildman–Crippen MR) is 150 cm³/mol. The lowest BCUT2D eigenvalue weighted by atomic mass is 9.94. The lowest BCUT2D eigenvalue weighted by Crippen LogP contribution is -2.38. The van der Waals surface area contributed by atoms with Gasteiger partial charge in [0, 0.05) is 31.7 Å². The van der Waals surface area contributed by atoms with Crippen molar-refractivity contribution in [2.75, 3.05) is 52.6 Å². The Kier molecular flexibility index (Phi) is 9.64. The van der Waals surface area contributed by atoms with Crippen LogP contribution < -0.4 is 9.47 Å². The van der Waals surface area contributed by atoms with Gasteiger partial charge in [-0.25, -0.2) is 0 Å². The van der Waals surface area contributed by atoms with Gasteiger partial charge in [0.1, 0.15) is 17.3 Å². The second-order valence-electron chi connectivity index (χ2n) is 10.5.